The van der Waals surface area contributed by atoms with Crippen LogP contribution in [0.2, 0.25) is 0 Å². The molecule has 0 aliphatic carbocycles. The van der Waals surface area contributed by atoms with Crippen LogP contribution < -0.4 is 5.32 Å². The number of nitrogens with zero attached hydrogens (tertiary/aromatic N) is 1. The zero-order valence-corrected chi connectivity index (χ0v) is 14.6. The van der Waals surface area contributed by atoms with E-state index in [0.717, 1.165) is 12.0 Å². The molecule has 2 rings (SSSR count). The second kappa shape index (κ2) is 8.67. The van der Waals surface area contributed by atoms with Gasteiger partial charge in [-0.05, 0) is 24.0 Å². The average Bonchev–Trinajstić information content (AvgIpc) is 2.53. The molecule has 0 saturated carbocycles. The van der Waals surface area contributed by atoms with Gasteiger partial charge < -0.3 is 5.32 Å². The summed E-state index contributed by atoms with van der Waals surface area (Å²) in [6, 6.07) is 8.15. The van der Waals surface area contributed by atoms with Gasteiger partial charge in [-0.1, -0.05) is 37.3 Å². The van der Waals surface area contributed by atoms with E-state index >= 15 is 0 Å². The molecule has 1 aromatic rings. The third kappa shape index (κ3) is 4.56. The zero-order chi connectivity index (χ0) is 15.3. The fourth-order valence-corrected chi connectivity index (χ4v) is 4.28. The van der Waals surface area contributed by atoms with Crippen molar-refractivity contribution in [3.63, 3.8) is 0 Å². The normalized spacial score (nSPS) is 19.4. The van der Waals surface area contributed by atoms with Crippen molar-refractivity contribution in [1.29, 1.82) is 0 Å². The lowest BCUT2D eigenvalue weighted by atomic mass is 10.0. The van der Waals surface area contributed by atoms with E-state index in [-0.39, 0.29) is 24.2 Å². The number of rotatable bonds is 6. The zero-order valence-electron chi connectivity index (χ0n) is 13.0. The molecule has 1 unspecified atom stereocenters. The third-order valence-electron chi connectivity index (χ3n) is 3.90. The fraction of sp³-hybridized carbons (Fsp3) is 0.500. The number of piperazine rings is 1. The first-order valence-corrected chi connectivity index (χ1v) is 9.09. The van der Waals surface area contributed by atoms with Crippen molar-refractivity contribution in [3.05, 3.63) is 48.0 Å². The molecule has 0 amide bonds. The Morgan fingerprint density at radius 3 is 2.64 bits per heavy atom. The molecule has 1 heterocycles. The third-order valence-corrected chi connectivity index (χ3v) is 5.81. The largest absolute Gasteiger partial charge is 0.313 e. The fourth-order valence-electron chi connectivity index (χ4n) is 2.63. The van der Waals surface area contributed by atoms with Crippen molar-refractivity contribution >= 4 is 22.4 Å². The number of benzene rings is 1. The lowest BCUT2D eigenvalue weighted by molar-refractivity contribution is 0.271. The predicted octanol–water partition coefficient (Wildman–Crippen LogP) is 2.52. The molecule has 1 atom stereocenters. The van der Waals surface area contributed by atoms with Gasteiger partial charge in [0.25, 0.3) is 0 Å². The molecule has 1 saturated heterocycles. The first-order valence-electron chi connectivity index (χ1n) is 7.48. The van der Waals surface area contributed by atoms with Crippen LogP contribution >= 0.6 is 12.4 Å². The Morgan fingerprint density at radius 2 is 2.05 bits per heavy atom. The van der Waals surface area contributed by atoms with Crippen LogP contribution in [0.25, 0.3) is 0 Å². The van der Waals surface area contributed by atoms with Crippen LogP contribution in [0.4, 0.5) is 0 Å². The second-order valence-electron chi connectivity index (χ2n) is 5.32. The molecule has 1 fully saturated rings. The smallest absolute Gasteiger partial charge is 0.215 e. The summed E-state index contributed by atoms with van der Waals surface area (Å²) in [4.78, 5) is 0. The van der Waals surface area contributed by atoms with Crippen LogP contribution in [0, 0.1) is 0 Å². The van der Waals surface area contributed by atoms with Gasteiger partial charge in [0, 0.05) is 19.6 Å². The van der Waals surface area contributed by atoms with Crippen molar-refractivity contribution in [1.82, 2.24) is 9.62 Å². The number of allylic oxidation sites excluding steroid dienone is 1. The molecule has 1 N–H and O–H groups in total. The summed E-state index contributed by atoms with van der Waals surface area (Å²) in [5, 5.41) is 3.29. The van der Waals surface area contributed by atoms with Gasteiger partial charge in [-0.2, -0.15) is 4.31 Å². The maximum absolute atomic E-state index is 12.5. The van der Waals surface area contributed by atoms with E-state index in [0.29, 0.717) is 26.1 Å². The van der Waals surface area contributed by atoms with Crippen LogP contribution in [0.3, 0.4) is 0 Å². The maximum Gasteiger partial charge on any atom is 0.215 e. The van der Waals surface area contributed by atoms with Crippen molar-refractivity contribution < 1.29 is 8.42 Å². The van der Waals surface area contributed by atoms with Gasteiger partial charge in [0.15, 0.2) is 0 Å². The first-order chi connectivity index (χ1) is 10.1. The van der Waals surface area contributed by atoms with Crippen molar-refractivity contribution in [2.75, 3.05) is 25.4 Å². The summed E-state index contributed by atoms with van der Waals surface area (Å²) in [5.74, 6) is 0.139. The summed E-state index contributed by atoms with van der Waals surface area (Å²) >= 11 is 0. The number of nitrogens with one attached hydrogen (secondary N) is 1. The Balaban J connectivity index is 0.00000242. The van der Waals surface area contributed by atoms with E-state index in [1.807, 2.05) is 12.1 Å². The molecule has 0 aromatic heterocycles. The van der Waals surface area contributed by atoms with Gasteiger partial charge in [0.05, 0.1) is 11.8 Å². The van der Waals surface area contributed by atoms with E-state index in [1.54, 1.807) is 10.4 Å². The molecular formula is C16H25ClN2O2S. The standard InChI is InChI=1S/C16H24N2O2S.ClH/c1-3-5-12-21(19,20)18-11-10-17-13-16(18)15-8-6-14(4-2)7-9-15;/h3,6-9,16-17H,1,4-5,10-13H2,2H3;1H. The van der Waals surface area contributed by atoms with Crippen molar-refractivity contribution in [3.8, 4) is 0 Å². The Hall–Kier alpha value is -0.880. The van der Waals surface area contributed by atoms with Gasteiger partial charge in [0.1, 0.15) is 0 Å². The predicted molar refractivity (Wildman–Crippen MR) is 94.0 cm³/mol. The SMILES string of the molecule is C=CCCS(=O)(=O)N1CCNCC1c1ccc(CC)cc1.Cl. The summed E-state index contributed by atoms with van der Waals surface area (Å²) in [6.07, 6.45) is 3.14. The minimum Gasteiger partial charge on any atom is -0.313 e. The van der Waals surface area contributed by atoms with E-state index < -0.39 is 10.0 Å². The molecular weight excluding hydrogens is 320 g/mol. The Morgan fingerprint density at radius 1 is 1.36 bits per heavy atom. The summed E-state index contributed by atoms with van der Waals surface area (Å²) in [7, 11) is -3.24. The van der Waals surface area contributed by atoms with Crippen molar-refractivity contribution in [2.45, 2.75) is 25.8 Å². The van der Waals surface area contributed by atoms with Gasteiger partial charge in [-0.25, -0.2) is 8.42 Å². The monoisotopic (exact) mass is 344 g/mol. The lowest BCUT2D eigenvalue weighted by Crippen LogP contribution is -2.49. The van der Waals surface area contributed by atoms with Crippen LogP contribution in [0.5, 0.6) is 0 Å². The van der Waals surface area contributed by atoms with Gasteiger partial charge in [0.2, 0.25) is 10.0 Å². The Labute approximate surface area is 140 Å². The maximum atomic E-state index is 12.5. The van der Waals surface area contributed by atoms with Gasteiger partial charge in [-0.3, -0.25) is 0 Å². The molecule has 22 heavy (non-hydrogen) atoms. The van der Waals surface area contributed by atoms with E-state index in [9.17, 15) is 8.42 Å². The quantitative estimate of drug-likeness (QED) is 0.807. The summed E-state index contributed by atoms with van der Waals surface area (Å²) in [6.45, 7) is 7.62. The highest BCUT2D eigenvalue weighted by Crippen LogP contribution is 2.26. The number of halogens is 1. The van der Waals surface area contributed by atoms with Crippen LogP contribution in [-0.2, 0) is 16.4 Å². The molecule has 0 radical (unpaired) electrons. The summed E-state index contributed by atoms with van der Waals surface area (Å²) in [5.41, 5.74) is 2.32. The topological polar surface area (TPSA) is 49.4 Å². The van der Waals surface area contributed by atoms with Crippen LogP contribution in [0.15, 0.2) is 36.9 Å². The highest BCUT2D eigenvalue weighted by molar-refractivity contribution is 7.89. The Bertz CT molecular complexity index is 572. The highest BCUT2D eigenvalue weighted by Gasteiger charge is 2.32. The highest BCUT2D eigenvalue weighted by atomic mass is 35.5. The Kier molecular flexibility index (Phi) is 7.56. The van der Waals surface area contributed by atoms with Crippen LogP contribution in [0.1, 0.15) is 30.5 Å². The molecule has 6 heteroatoms. The molecule has 124 valence electrons. The molecule has 0 spiro atoms. The number of hydrogen-bond acceptors (Lipinski definition) is 3. The minimum atomic E-state index is -3.24. The molecule has 1 aliphatic heterocycles. The molecule has 0 bridgehead atoms. The first kappa shape index (κ1) is 19.2. The van der Waals surface area contributed by atoms with Crippen molar-refractivity contribution in [2.24, 2.45) is 0 Å². The number of sulfonamides is 1. The number of aryl methyl sites for hydroxylation is 1. The van der Waals surface area contributed by atoms with E-state index in [1.165, 1.54) is 5.56 Å². The van der Waals surface area contributed by atoms with Crippen LogP contribution in [-0.4, -0.2) is 38.1 Å². The van der Waals surface area contributed by atoms with Gasteiger partial charge >= 0.3 is 0 Å². The van der Waals surface area contributed by atoms with Gasteiger partial charge in [-0.15, -0.1) is 19.0 Å². The van der Waals surface area contributed by atoms with E-state index in [2.05, 4.69) is 31.0 Å². The van der Waals surface area contributed by atoms with E-state index in [4.69, 9.17) is 0 Å². The molecule has 1 aromatic carbocycles. The molecule has 4 nitrogen and oxygen atoms in total. The molecule has 1 aliphatic rings. The number of hydrogen-bond donors (Lipinski definition) is 1. The second-order valence-corrected chi connectivity index (χ2v) is 7.36. The average molecular weight is 345 g/mol. The summed E-state index contributed by atoms with van der Waals surface area (Å²) < 4.78 is 26.7. The minimum absolute atomic E-state index is 0. The lowest BCUT2D eigenvalue weighted by Gasteiger charge is -2.35.